The third-order valence-electron chi connectivity index (χ3n) is 6.05. The molecule has 0 saturated carbocycles. The van der Waals surface area contributed by atoms with Crippen LogP contribution in [0.25, 0.3) is 0 Å². The number of carbonyl (C=O) groups excluding carboxylic acids is 1. The van der Waals surface area contributed by atoms with Crippen LogP contribution in [0.3, 0.4) is 0 Å². The van der Waals surface area contributed by atoms with Crippen molar-refractivity contribution in [2.45, 2.75) is 25.8 Å². The number of hydrogen-bond donors (Lipinski definition) is 0. The quantitative estimate of drug-likeness (QED) is 0.582. The third kappa shape index (κ3) is 4.33. The number of anilines is 1. The number of halogens is 1. The summed E-state index contributed by atoms with van der Waals surface area (Å²) in [6, 6.07) is 13.0. The van der Waals surface area contributed by atoms with Gasteiger partial charge in [0.2, 0.25) is 11.8 Å². The summed E-state index contributed by atoms with van der Waals surface area (Å²) < 4.78 is 25.0. The Hall–Kier alpha value is -3.68. The van der Waals surface area contributed by atoms with Crippen LogP contribution in [-0.2, 0) is 13.0 Å². The summed E-state index contributed by atoms with van der Waals surface area (Å²) in [5.41, 5.74) is 2.12. The Kier molecular flexibility index (Phi) is 5.81. The molecule has 0 spiro atoms. The molecule has 1 aromatic heterocycles. The number of benzene rings is 2. The zero-order valence-corrected chi connectivity index (χ0v) is 18.5. The summed E-state index contributed by atoms with van der Waals surface area (Å²) >= 11 is 0. The average molecular weight is 448 g/mol. The number of amides is 1. The highest BCUT2D eigenvalue weighted by atomic mass is 19.1. The van der Waals surface area contributed by atoms with Crippen LogP contribution in [0.1, 0.15) is 34.5 Å². The fourth-order valence-electron chi connectivity index (χ4n) is 4.27. The fraction of sp³-hybridized carbons (Fsp3) is 0.320. The van der Waals surface area contributed by atoms with Crippen LogP contribution in [-0.4, -0.2) is 47.5 Å². The minimum atomic E-state index is -0.370. The van der Waals surface area contributed by atoms with Crippen LogP contribution in [0, 0.1) is 5.82 Å². The zero-order valence-electron chi connectivity index (χ0n) is 18.5. The molecule has 7 nitrogen and oxygen atoms in total. The van der Waals surface area contributed by atoms with E-state index in [1.807, 2.05) is 24.3 Å². The Balaban J connectivity index is 1.50. The second-order valence-electron chi connectivity index (χ2n) is 8.18. The van der Waals surface area contributed by atoms with Gasteiger partial charge in [-0.3, -0.25) is 4.79 Å². The molecule has 1 saturated heterocycles. The maximum atomic E-state index is 13.3. The van der Waals surface area contributed by atoms with E-state index in [4.69, 9.17) is 19.4 Å². The van der Waals surface area contributed by atoms with Crippen molar-refractivity contribution < 1.29 is 18.7 Å². The maximum Gasteiger partial charge on any atom is 0.254 e. The molecule has 0 unspecified atom stereocenters. The first-order chi connectivity index (χ1) is 16.1. The second kappa shape index (κ2) is 9.05. The van der Waals surface area contributed by atoms with Crippen molar-refractivity contribution in [3.63, 3.8) is 0 Å². The van der Waals surface area contributed by atoms with Gasteiger partial charge < -0.3 is 19.3 Å². The summed E-state index contributed by atoms with van der Waals surface area (Å²) in [6.45, 7) is 2.67. The number of fused-ring (bicyclic) bond motifs is 1. The Morgan fingerprint density at radius 1 is 0.970 bits per heavy atom. The van der Waals surface area contributed by atoms with E-state index in [2.05, 4.69) is 4.90 Å². The van der Waals surface area contributed by atoms with Gasteiger partial charge in [-0.1, -0.05) is 12.1 Å². The van der Waals surface area contributed by atoms with Gasteiger partial charge in [0.15, 0.2) is 11.5 Å². The zero-order chi connectivity index (χ0) is 22.8. The lowest BCUT2D eigenvalue weighted by atomic mass is 10.1. The molecular weight excluding hydrogens is 423 g/mol. The van der Waals surface area contributed by atoms with Crippen molar-refractivity contribution in [1.29, 1.82) is 0 Å². The lowest BCUT2D eigenvalue weighted by Gasteiger charge is -2.30. The number of hydrogen-bond acceptors (Lipinski definition) is 6. The van der Waals surface area contributed by atoms with E-state index < -0.39 is 0 Å². The van der Waals surface area contributed by atoms with Gasteiger partial charge in [-0.25, -0.2) is 9.37 Å². The van der Waals surface area contributed by atoms with Crippen LogP contribution in [0.5, 0.6) is 17.4 Å². The standard InChI is InChI=1S/C25H25FN4O3/c1-32-21-6-2-3-7-22(21)33-23-19-16-30(24(31)17-8-10-18(26)11-9-17)15-12-20(19)27-25(28-23)29-13-4-5-14-29/h2-3,6-11H,4-5,12-16H2,1H3. The van der Waals surface area contributed by atoms with Crippen molar-refractivity contribution >= 4 is 11.9 Å². The number of nitrogens with zero attached hydrogens (tertiary/aromatic N) is 4. The van der Waals surface area contributed by atoms with Crippen molar-refractivity contribution in [3.05, 3.63) is 71.2 Å². The molecule has 3 aromatic rings. The topological polar surface area (TPSA) is 67.8 Å². The van der Waals surface area contributed by atoms with Gasteiger partial charge >= 0.3 is 0 Å². The first-order valence-electron chi connectivity index (χ1n) is 11.1. The lowest BCUT2D eigenvalue weighted by molar-refractivity contribution is 0.0732. The van der Waals surface area contributed by atoms with Crippen molar-refractivity contribution in [3.8, 4) is 17.4 Å². The molecule has 0 aliphatic carbocycles. The molecule has 2 aliphatic rings. The molecule has 3 heterocycles. The van der Waals surface area contributed by atoms with Crippen LogP contribution < -0.4 is 14.4 Å². The molecule has 0 bridgehead atoms. The molecule has 170 valence electrons. The van der Waals surface area contributed by atoms with Gasteiger partial charge in [0.25, 0.3) is 5.91 Å². The molecule has 8 heteroatoms. The molecule has 2 aliphatic heterocycles. The lowest BCUT2D eigenvalue weighted by Crippen LogP contribution is -2.37. The van der Waals surface area contributed by atoms with E-state index in [1.165, 1.54) is 24.3 Å². The van der Waals surface area contributed by atoms with Crippen LogP contribution >= 0.6 is 0 Å². The number of para-hydroxylation sites is 2. The van der Waals surface area contributed by atoms with Gasteiger partial charge in [-0.2, -0.15) is 4.98 Å². The largest absolute Gasteiger partial charge is 0.493 e. The summed E-state index contributed by atoms with van der Waals surface area (Å²) in [7, 11) is 1.59. The fourth-order valence-corrected chi connectivity index (χ4v) is 4.27. The molecule has 1 fully saturated rings. The highest BCUT2D eigenvalue weighted by molar-refractivity contribution is 5.94. The van der Waals surface area contributed by atoms with E-state index in [-0.39, 0.29) is 11.7 Å². The Morgan fingerprint density at radius 3 is 2.42 bits per heavy atom. The van der Waals surface area contributed by atoms with E-state index >= 15 is 0 Å². The minimum absolute atomic E-state index is 0.160. The molecule has 0 N–H and O–H groups in total. The van der Waals surface area contributed by atoms with Crippen molar-refractivity contribution in [2.24, 2.45) is 0 Å². The predicted octanol–water partition coefficient (Wildman–Crippen LogP) is 4.22. The predicted molar refractivity (Wildman–Crippen MR) is 121 cm³/mol. The summed E-state index contributed by atoms with van der Waals surface area (Å²) in [4.78, 5) is 26.6. The highest BCUT2D eigenvalue weighted by Crippen LogP contribution is 2.36. The molecule has 33 heavy (non-hydrogen) atoms. The van der Waals surface area contributed by atoms with Crippen LogP contribution in [0.4, 0.5) is 10.3 Å². The van der Waals surface area contributed by atoms with Gasteiger partial charge in [0.1, 0.15) is 5.82 Å². The third-order valence-corrected chi connectivity index (χ3v) is 6.05. The monoisotopic (exact) mass is 448 g/mol. The van der Waals surface area contributed by atoms with E-state index in [0.717, 1.165) is 37.2 Å². The van der Waals surface area contributed by atoms with Crippen LogP contribution in [0.15, 0.2) is 48.5 Å². The van der Waals surface area contributed by atoms with E-state index in [0.29, 0.717) is 48.4 Å². The first-order valence-corrected chi connectivity index (χ1v) is 11.1. The van der Waals surface area contributed by atoms with E-state index in [9.17, 15) is 9.18 Å². The summed E-state index contributed by atoms with van der Waals surface area (Å²) in [6.07, 6.45) is 2.82. The molecular formula is C25H25FN4O3. The molecule has 0 radical (unpaired) electrons. The number of carbonyl (C=O) groups is 1. The van der Waals surface area contributed by atoms with Crippen molar-refractivity contribution in [2.75, 3.05) is 31.6 Å². The second-order valence-corrected chi connectivity index (χ2v) is 8.18. The Bertz CT molecular complexity index is 1160. The van der Waals surface area contributed by atoms with Gasteiger partial charge in [-0.15, -0.1) is 0 Å². The smallest absolute Gasteiger partial charge is 0.254 e. The highest BCUT2D eigenvalue weighted by Gasteiger charge is 2.29. The number of rotatable bonds is 5. The normalized spacial score (nSPS) is 15.3. The average Bonchev–Trinajstić information content (AvgIpc) is 3.39. The summed E-state index contributed by atoms with van der Waals surface area (Å²) in [5.74, 6) is 1.72. The van der Waals surface area contributed by atoms with Gasteiger partial charge in [0, 0.05) is 31.6 Å². The number of ether oxygens (including phenoxy) is 2. The molecule has 1 amide bonds. The minimum Gasteiger partial charge on any atom is -0.493 e. The van der Waals surface area contributed by atoms with E-state index in [1.54, 1.807) is 12.0 Å². The number of aromatic nitrogens is 2. The maximum absolute atomic E-state index is 13.3. The number of methoxy groups -OCH3 is 1. The Labute approximate surface area is 191 Å². The molecule has 0 atom stereocenters. The van der Waals surface area contributed by atoms with Crippen LogP contribution in [0.2, 0.25) is 0 Å². The van der Waals surface area contributed by atoms with Gasteiger partial charge in [0.05, 0.1) is 24.9 Å². The van der Waals surface area contributed by atoms with Crippen molar-refractivity contribution in [1.82, 2.24) is 14.9 Å². The SMILES string of the molecule is COc1ccccc1Oc1nc(N2CCCC2)nc2c1CN(C(=O)c1ccc(F)cc1)CC2. The first kappa shape index (κ1) is 21.2. The Morgan fingerprint density at radius 2 is 1.70 bits per heavy atom. The molecule has 2 aromatic carbocycles. The molecule has 5 rings (SSSR count). The summed E-state index contributed by atoms with van der Waals surface area (Å²) in [5, 5.41) is 0. The van der Waals surface area contributed by atoms with Gasteiger partial charge in [-0.05, 0) is 49.2 Å².